The summed E-state index contributed by atoms with van der Waals surface area (Å²) in [6.45, 7) is 10.0. The van der Waals surface area contributed by atoms with Crippen molar-refractivity contribution in [3.63, 3.8) is 0 Å². The van der Waals surface area contributed by atoms with Crippen molar-refractivity contribution in [3.05, 3.63) is 6.92 Å². The zero-order valence-electron chi connectivity index (χ0n) is 4.65. The first-order valence-electron chi connectivity index (χ1n) is 1.85. The van der Waals surface area contributed by atoms with Crippen LogP contribution in [0.25, 0.3) is 0 Å². The molecule has 0 spiro atoms. The van der Waals surface area contributed by atoms with E-state index in [4.69, 9.17) is 0 Å². The van der Waals surface area contributed by atoms with Crippen LogP contribution in [0.4, 0.5) is 0 Å². The zero-order valence-corrected chi connectivity index (χ0v) is 6.05. The smallest absolute Gasteiger partial charge is 0 e. The van der Waals surface area contributed by atoms with Crippen molar-refractivity contribution in [2.45, 2.75) is 20.8 Å². The van der Waals surface area contributed by atoms with Crippen LogP contribution in [0.2, 0.25) is 0 Å². The van der Waals surface area contributed by atoms with E-state index in [1.54, 1.807) is 0 Å². The third-order valence-electron chi connectivity index (χ3n) is 0. The molecule has 0 nitrogen and oxygen atoms in total. The Morgan fingerprint density at radius 1 is 1.17 bits per heavy atom. The Morgan fingerprint density at radius 3 is 1.17 bits per heavy atom. The summed E-state index contributed by atoms with van der Waals surface area (Å²) >= 11 is 0. The third kappa shape index (κ3) is 172. The second-order valence-electron chi connectivity index (χ2n) is 2.56. The van der Waals surface area contributed by atoms with Crippen LogP contribution in [0.3, 0.4) is 0 Å². The van der Waals surface area contributed by atoms with E-state index in [-0.39, 0.29) is 24.0 Å². The average Bonchev–Trinajstić information content (AvgIpc) is 0.722. The van der Waals surface area contributed by atoms with Crippen molar-refractivity contribution in [3.8, 4) is 0 Å². The molecular weight excluding hydrogens is 111 g/mol. The van der Waals surface area contributed by atoms with Crippen molar-refractivity contribution in [2.75, 3.05) is 0 Å². The Hall–Kier alpha value is 0.584. The molecule has 0 unspecified atom stereocenters. The first-order valence-corrected chi connectivity index (χ1v) is 1.85. The quantitative estimate of drug-likeness (QED) is 0.430. The third-order valence-corrected chi connectivity index (χ3v) is 0. The summed E-state index contributed by atoms with van der Waals surface area (Å²) in [5.41, 5.74) is 0.250. The average molecular weight is 122 g/mol. The number of rotatable bonds is 0. The molecule has 0 aliphatic heterocycles. The van der Waals surface area contributed by atoms with Crippen LogP contribution in [0.1, 0.15) is 20.8 Å². The molecule has 37 valence electrons. The largest absolute Gasteiger partial charge is 0.338 e. The molecule has 0 aromatic carbocycles. The van der Waals surface area contributed by atoms with E-state index in [2.05, 4.69) is 27.7 Å². The van der Waals surface area contributed by atoms with Gasteiger partial charge in [0.15, 0.2) is 0 Å². The Balaban J connectivity index is 0. The SMILES string of the molecule is [CH2-]C(C)(C)C.[V]. The summed E-state index contributed by atoms with van der Waals surface area (Å²) in [5, 5.41) is 0. The standard InChI is InChI=1S/C5H11.V/c1-5(2,3)4;/h1H2,2-4H3;/q-1;. The summed E-state index contributed by atoms with van der Waals surface area (Å²) in [7, 11) is 0. The maximum absolute atomic E-state index is 3.77. The molecule has 1 radical (unpaired) electrons. The van der Waals surface area contributed by atoms with Crippen LogP contribution in [0.15, 0.2) is 0 Å². The minimum absolute atomic E-state index is 0. The number of hydrogen-bond donors (Lipinski definition) is 0. The molecule has 0 saturated heterocycles. The summed E-state index contributed by atoms with van der Waals surface area (Å²) in [4.78, 5) is 0. The monoisotopic (exact) mass is 122 g/mol. The first-order chi connectivity index (χ1) is 2.00. The van der Waals surface area contributed by atoms with Crippen molar-refractivity contribution in [1.82, 2.24) is 0 Å². The summed E-state index contributed by atoms with van der Waals surface area (Å²) in [6, 6.07) is 0. The molecule has 0 fully saturated rings. The van der Waals surface area contributed by atoms with Crippen LogP contribution >= 0.6 is 0 Å². The molecule has 0 aromatic heterocycles. The predicted molar refractivity (Wildman–Crippen MR) is 24.8 cm³/mol. The molecule has 0 saturated carbocycles. The molecule has 0 bridgehead atoms. The van der Waals surface area contributed by atoms with E-state index >= 15 is 0 Å². The molecule has 0 rings (SSSR count). The van der Waals surface area contributed by atoms with E-state index in [0.29, 0.717) is 0 Å². The minimum Gasteiger partial charge on any atom is -0.338 e. The van der Waals surface area contributed by atoms with Gasteiger partial charge in [0.1, 0.15) is 0 Å². The van der Waals surface area contributed by atoms with E-state index < -0.39 is 0 Å². The molecule has 0 heterocycles. The molecule has 0 aliphatic carbocycles. The molecule has 0 N–H and O–H groups in total. The van der Waals surface area contributed by atoms with Gasteiger partial charge in [0.25, 0.3) is 0 Å². The molecular formula is C5H11V-. The van der Waals surface area contributed by atoms with Gasteiger partial charge in [-0.05, 0) is 0 Å². The minimum atomic E-state index is 0. The maximum atomic E-state index is 3.77. The Labute approximate surface area is 52.2 Å². The van der Waals surface area contributed by atoms with Crippen LogP contribution < -0.4 is 0 Å². The molecule has 1 heteroatoms. The Kier molecular flexibility index (Phi) is 4.41. The van der Waals surface area contributed by atoms with Gasteiger partial charge in [-0.3, -0.25) is 0 Å². The van der Waals surface area contributed by atoms with E-state index in [1.807, 2.05) is 0 Å². The predicted octanol–water partition coefficient (Wildman–Crippen LogP) is 1.86. The second-order valence-corrected chi connectivity index (χ2v) is 2.56. The van der Waals surface area contributed by atoms with Crippen molar-refractivity contribution < 1.29 is 18.6 Å². The molecule has 0 aromatic rings. The van der Waals surface area contributed by atoms with Crippen molar-refractivity contribution >= 4 is 0 Å². The van der Waals surface area contributed by atoms with Gasteiger partial charge in [-0.2, -0.15) is 5.41 Å². The van der Waals surface area contributed by atoms with Gasteiger partial charge >= 0.3 is 0 Å². The molecule has 0 atom stereocenters. The van der Waals surface area contributed by atoms with Crippen LogP contribution in [-0.4, -0.2) is 0 Å². The topological polar surface area (TPSA) is 0 Å². The fourth-order valence-electron chi connectivity index (χ4n) is 0. The van der Waals surface area contributed by atoms with E-state index in [0.717, 1.165) is 0 Å². The summed E-state index contributed by atoms with van der Waals surface area (Å²) < 4.78 is 0. The molecule has 0 aliphatic rings. The van der Waals surface area contributed by atoms with Gasteiger partial charge in [-0.15, -0.1) is 0 Å². The fraction of sp³-hybridized carbons (Fsp3) is 0.800. The van der Waals surface area contributed by atoms with Gasteiger partial charge in [-0.1, -0.05) is 20.8 Å². The Morgan fingerprint density at radius 2 is 1.17 bits per heavy atom. The van der Waals surface area contributed by atoms with Crippen LogP contribution in [0.5, 0.6) is 0 Å². The van der Waals surface area contributed by atoms with Crippen molar-refractivity contribution in [2.24, 2.45) is 5.41 Å². The van der Waals surface area contributed by atoms with Crippen molar-refractivity contribution in [1.29, 1.82) is 0 Å². The van der Waals surface area contributed by atoms with E-state index in [1.165, 1.54) is 0 Å². The van der Waals surface area contributed by atoms with Gasteiger partial charge < -0.3 is 6.92 Å². The van der Waals surface area contributed by atoms with Crippen LogP contribution in [-0.2, 0) is 18.6 Å². The van der Waals surface area contributed by atoms with Gasteiger partial charge in [-0.25, -0.2) is 0 Å². The van der Waals surface area contributed by atoms with Gasteiger partial charge in [0.2, 0.25) is 0 Å². The molecule has 0 amide bonds. The fourth-order valence-corrected chi connectivity index (χ4v) is 0. The summed E-state index contributed by atoms with van der Waals surface area (Å²) in [6.07, 6.45) is 0. The van der Waals surface area contributed by atoms with Gasteiger partial charge in [0, 0.05) is 18.6 Å². The first kappa shape index (κ1) is 9.77. The zero-order chi connectivity index (χ0) is 4.50. The number of hydrogen-bond acceptors (Lipinski definition) is 0. The Bertz CT molecular complexity index is 19.4. The van der Waals surface area contributed by atoms with Gasteiger partial charge in [0.05, 0.1) is 0 Å². The molecule has 6 heavy (non-hydrogen) atoms. The maximum Gasteiger partial charge on any atom is 0 e. The van der Waals surface area contributed by atoms with E-state index in [9.17, 15) is 0 Å². The summed E-state index contributed by atoms with van der Waals surface area (Å²) in [5.74, 6) is 0. The second kappa shape index (κ2) is 2.71. The normalized spacial score (nSPS) is 10.0. The van der Waals surface area contributed by atoms with Crippen LogP contribution in [0, 0.1) is 12.3 Å².